The molecule has 0 unspecified atom stereocenters. The smallest absolute Gasteiger partial charge is 0.137 e. The standard InChI is InChI=1S/C13H17BrFN/c14-12-9-11(7-8-13(12)15)16-10-5-3-1-2-4-6-10/h7-10,16H,1-6H2. The molecule has 1 aromatic carbocycles. The normalized spacial score (nSPS) is 18.1. The van der Waals surface area contributed by atoms with Gasteiger partial charge in [-0.2, -0.15) is 0 Å². The van der Waals surface area contributed by atoms with Crippen molar-refractivity contribution in [3.05, 3.63) is 28.5 Å². The lowest BCUT2D eigenvalue weighted by Gasteiger charge is -2.17. The maximum absolute atomic E-state index is 13.1. The Labute approximate surface area is 105 Å². The molecule has 1 fully saturated rings. The first-order valence-corrected chi connectivity index (χ1v) is 6.76. The largest absolute Gasteiger partial charge is 0.382 e. The Balaban J connectivity index is 1.99. The summed E-state index contributed by atoms with van der Waals surface area (Å²) in [6.45, 7) is 0. The van der Waals surface area contributed by atoms with Gasteiger partial charge in [0.15, 0.2) is 0 Å². The average Bonchev–Trinajstić information content (AvgIpc) is 2.52. The van der Waals surface area contributed by atoms with Crippen molar-refractivity contribution < 1.29 is 4.39 Å². The lowest BCUT2D eigenvalue weighted by Crippen LogP contribution is -2.18. The molecule has 0 aromatic heterocycles. The maximum Gasteiger partial charge on any atom is 0.137 e. The Kier molecular flexibility index (Phi) is 4.22. The predicted molar refractivity (Wildman–Crippen MR) is 69.2 cm³/mol. The van der Waals surface area contributed by atoms with Crippen LogP contribution >= 0.6 is 15.9 Å². The summed E-state index contributed by atoms with van der Waals surface area (Å²) in [6.07, 6.45) is 7.78. The van der Waals surface area contributed by atoms with Gasteiger partial charge in [0, 0.05) is 11.7 Å². The van der Waals surface area contributed by atoms with Crippen LogP contribution in [0.5, 0.6) is 0 Å². The van der Waals surface area contributed by atoms with Gasteiger partial charge in [0.05, 0.1) is 4.47 Å². The molecule has 0 spiro atoms. The number of anilines is 1. The number of hydrogen-bond donors (Lipinski definition) is 1. The van der Waals surface area contributed by atoms with Gasteiger partial charge in [0.1, 0.15) is 5.82 Å². The minimum atomic E-state index is -0.202. The van der Waals surface area contributed by atoms with Crippen molar-refractivity contribution in [1.29, 1.82) is 0 Å². The summed E-state index contributed by atoms with van der Waals surface area (Å²) in [5, 5.41) is 3.49. The first kappa shape index (κ1) is 11.9. The summed E-state index contributed by atoms with van der Waals surface area (Å²) in [5.41, 5.74) is 1.01. The second-order valence-corrected chi connectivity index (χ2v) is 5.32. The molecule has 1 saturated carbocycles. The Morgan fingerprint density at radius 1 is 1.12 bits per heavy atom. The topological polar surface area (TPSA) is 12.0 Å². The molecular formula is C13H17BrFN. The Hall–Kier alpha value is -0.570. The van der Waals surface area contributed by atoms with Crippen LogP contribution in [0.2, 0.25) is 0 Å². The SMILES string of the molecule is Fc1ccc(NC2CCCCCC2)cc1Br. The van der Waals surface area contributed by atoms with E-state index in [2.05, 4.69) is 21.2 Å². The maximum atomic E-state index is 13.1. The molecule has 0 amide bonds. The fraction of sp³-hybridized carbons (Fsp3) is 0.538. The molecule has 0 aliphatic heterocycles. The average molecular weight is 286 g/mol. The highest BCUT2D eigenvalue weighted by Crippen LogP contribution is 2.24. The van der Waals surface area contributed by atoms with E-state index in [1.807, 2.05) is 12.1 Å². The Morgan fingerprint density at radius 3 is 2.44 bits per heavy atom. The van der Waals surface area contributed by atoms with Gasteiger partial charge in [-0.25, -0.2) is 4.39 Å². The van der Waals surface area contributed by atoms with Crippen molar-refractivity contribution in [3.63, 3.8) is 0 Å². The minimum absolute atomic E-state index is 0.202. The van der Waals surface area contributed by atoms with Gasteiger partial charge in [-0.05, 0) is 47.0 Å². The zero-order valence-electron chi connectivity index (χ0n) is 9.31. The van der Waals surface area contributed by atoms with Gasteiger partial charge in [0.25, 0.3) is 0 Å². The van der Waals surface area contributed by atoms with E-state index in [9.17, 15) is 4.39 Å². The van der Waals surface area contributed by atoms with Crippen LogP contribution in [-0.2, 0) is 0 Å². The molecule has 0 saturated heterocycles. The van der Waals surface area contributed by atoms with Crippen LogP contribution in [0.3, 0.4) is 0 Å². The van der Waals surface area contributed by atoms with E-state index in [-0.39, 0.29) is 5.82 Å². The van der Waals surface area contributed by atoms with Crippen molar-refractivity contribution >= 4 is 21.6 Å². The number of halogens is 2. The summed E-state index contributed by atoms with van der Waals surface area (Å²) in [7, 11) is 0. The summed E-state index contributed by atoms with van der Waals surface area (Å²) < 4.78 is 13.6. The van der Waals surface area contributed by atoms with Gasteiger partial charge in [-0.1, -0.05) is 25.7 Å². The highest BCUT2D eigenvalue weighted by Gasteiger charge is 2.12. The zero-order chi connectivity index (χ0) is 11.4. The summed E-state index contributed by atoms with van der Waals surface area (Å²) in [6, 6.07) is 5.69. The molecule has 1 aliphatic rings. The van der Waals surface area contributed by atoms with Crippen molar-refractivity contribution in [1.82, 2.24) is 0 Å². The van der Waals surface area contributed by atoms with Crippen molar-refractivity contribution in [2.24, 2.45) is 0 Å². The molecule has 16 heavy (non-hydrogen) atoms. The predicted octanol–water partition coefficient (Wildman–Crippen LogP) is 4.72. The summed E-state index contributed by atoms with van der Waals surface area (Å²) in [4.78, 5) is 0. The molecule has 0 bridgehead atoms. The highest BCUT2D eigenvalue weighted by atomic mass is 79.9. The molecule has 88 valence electrons. The van der Waals surface area contributed by atoms with Crippen molar-refractivity contribution in [2.75, 3.05) is 5.32 Å². The Bertz CT molecular complexity index is 346. The third-order valence-electron chi connectivity index (χ3n) is 3.15. The monoisotopic (exact) mass is 285 g/mol. The van der Waals surface area contributed by atoms with Crippen LogP contribution in [0.25, 0.3) is 0 Å². The van der Waals surface area contributed by atoms with Crippen LogP contribution < -0.4 is 5.32 Å². The number of nitrogens with one attached hydrogen (secondary N) is 1. The van der Waals surface area contributed by atoms with Crippen molar-refractivity contribution in [3.8, 4) is 0 Å². The third-order valence-corrected chi connectivity index (χ3v) is 3.75. The number of hydrogen-bond acceptors (Lipinski definition) is 1. The van der Waals surface area contributed by atoms with Gasteiger partial charge in [-0.3, -0.25) is 0 Å². The second kappa shape index (κ2) is 5.67. The number of benzene rings is 1. The van der Waals surface area contributed by atoms with E-state index in [1.165, 1.54) is 44.6 Å². The van der Waals surface area contributed by atoms with Crippen LogP contribution in [0.15, 0.2) is 22.7 Å². The first-order chi connectivity index (χ1) is 7.75. The van der Waals surface area contributed by atoms with Crippen LogP contribution in [0, 0.1) is 5.82 Å². The first-order valence-electron chi connectivity index (χ1n) is 5.97. The molecule has 2 rings (SSSR count). The fourth-order valence-electron chi connectivity index (χ4n) is 2.25. The summed E-state index contributed by atoms with van der Waals surface area (Å²) in [5.74, 6) is -0.202. The van der Waals surface area contributed by atoms with Gasteiger partial charge in [0.2, 0.25) is 0 Å². The molecule has 1 aliphatic carbocycles. The Morgan fingerprint density at radius 2 is 1.81 bits per heavy atom. The molecule has 1 N–H and O–H groups in total. The molecule has 1 aromatic rings. The van der Waals surface area contributed by atoms with Crippen LogP contribution in [-0.4, -0.2) is 6.04 Å². The lowest BCUT2D eigenvalue weighted by atomic mass is 10.1. The quantitative estimate of drug-likeness (QED) is 0.775. The summed E-state index contributed by atoms with van der Waals surface area (Å²) >= 11 is 3.21. The molecule has 3 heteroatoms. The minimum Gasteiger partial charge on any atom is -0.382 e. The van der Waals surface area contributed by atoms with E-state index in [0.717, 1.165) is 5.69 Å². The van der Waals surface area contributed by atoms with E-state index in [4.69, 9.17) is 0 Å². The van der Waals surface area contributed by atoms with E-state index >= 15 is 0 Å². The molecule has 1 nitrogen and oxygen atoms in total. The molecule has 0 atom stereocenters. The highest BCUT2D eigenvalue weighted by molar-refractivity contribution is 9.10. The van der Waals surface area contributed by atoms with Crippen molar-refractivity contribution in [2.45, 2.75) is 44.6 Å². The molecular weight excluding hydrogens is 269 g/mol. The van der Waals surface area contributed by atoms with Gasteiger partial charge >= 0.3 is 0 Å². The molecule has 0 heterocycles. The fourth-order valence-corrected chi connectivity index (χ4v) is 2.62. The van der Waals surface area contributed by atoms with Crippen LogP contribution in [0.1, 0.15) is 38.5 Å². The van der Waals surface area contributed by atoms with E-state index < -0.39 is 0 Å². The second-order valence-electron chi connectivity index (χ2n) is 4.46. The van der Waals surface area contributed by atoms with Gasteiger partial charge in [-0.15, -0.1) is 0 Å². The zero-order valence-corrected chi connectivity index (χ0v) is 10.9. The van der Waals surface area contributed by atoms with E-state index in [0.29, 0.717) is 10.5 Å². The van der Waals surface area contributed by atoms with Crippen LogP contribution in [0.4, 0.5) is 10.1 Å². The lowest BCUT2D eigenvalue weighted by molar-refractivity contribution is 0.614. The van der Waals surface area contributed by atoms with E-state index in [1.54, 1.807) is 0 Å². The number of rotatable bonds is 2. The molecule has 0 radical (unpaired) electrons. The van der Waals surface area contributed by atoms with Gasteiger partial charge < -0.3 is 5.32 Å². The third kappa shape index (κ3) is 3.21.